The van der Waals surface area contributed by atoms with E-state index in [1.165, 1.54) is 0 Å². The van der Waals surface area contributed by atoms with Crippen molar-refractivity contribution in [3.63, 3.8) is 0 Å². The van der Waals surface area contributed by atoms with Crippen LogP contribution in [0.15, 0.2) is 12.2 Å². The first kappa shape index (κ1) is 22.0. The molecule has 2 N–H and O–H groups in total. The summed E-state index contributed by atoms with van der Waals surface area (Å²) >= 11 is 0. The predicted molar refractivity (Wildman–Crippen MR) is 106 cm³/mol. The van der Waals surface area contributed by atoms with Crippen LogP contribution in [0.5, 0.6) is 0 Å². The Balaban J connectivity index is 1.89. The van der Waals surface area contributed by atoms with Gasteiger partial charge in [0.2, 0.25) is 11.8 Å². The van der Waals surface area contributed by atoms with E-state index < -0.39 is 12.0 Å². The van der Waals surface area contributed by atoms with Gasteiger partial charge in [-0.2, -0.15) is 0 Å². The summed E-state index contributed by atoms with van der Waals surface area (Å²) in [6.07, 6.45) is 12.5. The Morgan fingerprint density at radius 2 is 2.07 bits per heavy atom. The summed E-state index contributed by atoms with van der Waals surface area (Å²) in [6.45, 7) is 4.89. The Kier molecular flexibility index (Phi) is 9.02. The Morgan fingerprint density at radius 3 is 2.75 bits per heavy atom. The minimum Gasteiger partial charge on any atom is -0.464 e. The highest BCUT2D eigenvalue weighted by molar-refractivity contribution is 5.89. The number of carbonyl (C=O) groups excluding carboxylic acids is 3. The van der Waals surface area contributed by atoms with Crippen LogP contribution in [0, 0.1) is 24.2 Å². The molecule has 2 fully saturated rings. The quantitative estimate of drug-likeness (QED) is 0.383. The van der Waals surface area contributed by atoms with Crippen molar-refractivity contribution in [3.8, 4) is 12.3 Å². The Morgan fingerprint density at radius 1 is 1.32 bits per heavy atom. The molecule has 0 unspecified atom stereocenters. The first-order valence-corrected chi connectivity index (χ1v) is 10.1. The number of ether oxygens (including phenoxy) is 1. The van der Waals surface area contributed by atoms with Crippen LogP contribution in [0.4, 0.5) is 0 Å². The summed E-state index contributed by atoms with van der Waals surface area (Å²) in [4.78, 5) is 38.8. The molecule has 7 heteroatoms. The monoisotopic (exact) mass is 389 g/mol. The second-order valence-corrected chi connectivity index (χ2v) is 7.29. The largest absolute Gasteiger partial charge is 0.464 e. The van der Waals surface area contributed by atoms with Crippen molar-refractivity contribution in [3.05, 3.63) is 12.2 Å². The molecule has 2 atom stereocenters. The molecule has 0 aromatic heterocycles. The van der Waals surface area contributed by atoms with Crippen molar-refractivity contribution in [2.75, 3.05) is 32.8 Å². The van der Waals surface area contributed by atoms with Crippen molar-refractivity contribution >= 4 is 17.8 Å². The first-order valence-electron chi connectivity index (χ1n) is 10.1. The SMILES string of the molecule is C#CC[C@H](NC(=O)[C@@H]1CCCN(C(=O)/C=C/C2CCNCC2)C1)C(=O)OCC. The fraction of sp³-hybridized carbons (Fsp3) is 0.667. The van der Waals surface area contributed by atoms with Crippen LogP contribution >= 0.6 is 0 Å². The third-order valence-electron chi connectivity index (χ3n) is 5.21. The molecule has 2 amide bonds. The third-order valence-corrected chi connectivity index (χ3v) is 5.21. The minimum absolute atomic E-state index is 0.0541. The minimum atomic E-state index is -0.844. The summed E-state index contributed by atoms with van der Waals surface area (Å²) in [5.41, 5.74) is 0. The molecule has 0 saturated carbocycles. The molecule has 2 aliphatic rings. The molecule has 2 heterocycles. The molecule has 0 aromatic rings. The number of rotatable bonds is 7. The van der Waals surface area contributed by atoms with Gasteiger partial charge in [-0.25, -0.2) is 4.79 Å². The highest BCUT2D eigenvalue weighted by atomic mass is 16.5. The summed E-state index contributed by atoms with van der Waals surface area (Å²) in [6, 6.07) is -0.844. The van der Waals surface area contributed by atoms with E-state index in [9.17, 15) is 14.4 Å². The molecule has 2 rings (SSSR count). The number of terminal acetylenes is 1. The van der Waals surface area contributed by atoms with Gasteiger partial charge in [0.15, 0.2) is 0 Å². The van der Waals surface area contributed by atoms with E-state index in [0.29, 0.717) is 25.4 Å². The number of allylic oxidation sites excluding steroid dienone is 1. The van der Waals surface area contributed by atoms with Gasteiger partial charge in [0.05, 0.1) is 12.5 Å². The Labute approximate surface area is 167 Å². The van der Waals surface area contributed by atoms with Crippen LogP contribution in [0.3, 0.4) is 0 Å². The molecular weight excluding hydrogens is 358 g/mol. The lowest BCUT2D eigenvalue weighted by atomic mass is 9.95. The molecule has 154 valence electrons. The number of nitrogens with one attached hydrogen (secondary N) is 2. The number of nitrogens with zero attached hydrogens (tertiary/aromatic N) is 1. The molecule has 0 bridgehead atoms. The zero-order valence-electron chi connectivity index (χ0n) is 16.6. The maximum absolute atomic E-state index is 12.6. The van der Waals surface area contributed by atoms with Gasteiger partial charge in [0.1, 0.15) is 6.04 Å². The van der Waals surface area contributed by atoms with E-state index in [-0.39, 0.29) is 30.8 Å². The number of hydrogen-bond donors (Lipinski definition) is 2. The number of piperidine rings is 2. The van der Waals surface area contributed by atoms with E-state index >= 15 is 0 Å². The van der Waals surface area contributed by atoms with Crippen molar-refractivity contribution < 1.29 is 19.1 Å². The maximum Gasteiger partial charge on any atom is 0.329 e. The number of hydrogen-bond acceptors (Lipinski definition) is 5. The fourth-order valence-electron chi connectivity index (χ4n) is 3.60. The van der Waals surface area contributed by atoms with Gasteiger partial charge < -0.3 is 20.3 Å². The van der Waals surface area contributed by atoms with Crippen LogP contribution in [-0.4, -0.2) is 61.5 Å². The normalized spacial score (nSPS) is 21.7. The van der Waals surface area contributed by atoms with Crippen molar-refractivity contribution in [1.82, 2.24) is 15.5 Å². The second kappa shape index (κ2) is 11.5. The summed E-state index contributed by atoms with van der Waals surface area (Å²) < 4.78 is 4.97. The zero-order chi connectivity index (χ0) is 20.4. The van der Waals surface area contributed by atoms with Gasteiger partial charge in [-0.3, -0.25) is 9.59 Å². The van der Waals surface area contributed by atoms with Crippen LogP contribution in [-0.2, 0) is 19.1 Å². The average molecular weight is 389 g/mol. The van der Waals surface area contributed by atoms with Crippen LogP contribution in [0.1, 0.15) is 39.0 Å². The standard InChI is InChI=1S/C21H31N3O4/c1-3-6-18(21(27)28-4-2)23-20(26)17-7-5-14-24(15-17)19(25)9-8-16-10-12-22-13-11-16/h1,8-9,16-18,22H,4-7,10-15H2,2H3,(H,23,26)/b9-8+/t17-,18+/m1/s1. The number of amides is 2. The molecule has 0 aromatic carbocycles. The smallest absolute Gasteiger partial charge is 0.329 e. The van der Waals surface area contributed by atoms with Gasteiger partial charge in [0, 0.05) is 19.5 Å². The molecule has 28 heavy (non-hydrogen) atoms. The second-order valence-electron chi connectivity index (χ2n) is 7.29. The summed E-state index contributed by atoms with van der Waals surface area (Å²) in [7, 11) is 0. The average Bonchev–Trinajstić information content (AvgIpc) is 2.72. The highest BCUT2D eigenvalue weighted by Gasteiger charge is 2.30. The van der Waals surface area contributed by atoms with Gasteiger partial charge in [-0.15, -0.1) is 12.3 Å². The lowest BCUT2D eigenvalue weighted by molar-refractivity contribution is -0.148. The topological polar surface area (TPSA) is 87.7 Å². The van der Waals surface area contributed by atoms with Crippen molar-refractivity contribution in [1.29, 1.82) is 0 Å². The molecule has 0 aliphatic carbocycles. The van der Waals surface area contributed by atoms with Crippen molar-refractivity contribution in [2.24, 2.45) is 11.8 Å². The first-order chi connectivity index (χ1) is 13.5. The predicted octanol–water partition coefficient (Wildman–Crippen LogP) is 0.852. The van der Waals surface area contributed by atoms with E-state index in [4.69, 9.17) is 11.2 Å². The van der Waals surface area contributed by atoms with E-state index in [1.54, 1.807) is 17.9 Å². The van der Waals surface area contributed by atoms with Crippen LogP contribution in [0.2, 0.25) is 0 Å². The fourth-order valence-corrected chi connectivity index (χ4v) is 3.60. The molecule has 2 aliphatic heterocycles. The van der Waals surface area contributed by atoms with E-state index in [2.05, 4.69) is 16.6 Å². The zero-order valence-corrected chi connectivity index (χ0v) is 16.6. The molecule has 7 nitrogen and oxygen atoms in total. The maximum atomic E-state index is 12.6. The number of likely N-dealkylation sites (tertiary alicyclic amines) is 1. The van der Waals surface area contributed by atoms with Crippen molar-refractivity contribution in [2.45, 2.75) is 45.1 Å². The Hall–Kier alpha value is -2.33. The van der Waals surface area contributed by atoms with E-state index in [1.807, 2.05) is 6.08 Å². The molecule has 0 spiro atoms. The van der Waals surface area contributed by atoms with Crippen LogP contribution < -0.4 is 10.6 Å². The van der Waals surface area contributed by atoms with Crippen LogP contribution in [0.25, 0.3) is 0 Å². The highest BCUT2D eigenvalue weighted by Crippen LogP contribution is 2.18. The number of esters is 1. The summed E-state index contributed by atoms with van der Waals surface area (Å²) in [5.74, 6) is 1.65. The number of carbonyl (C=O) groups is 3. The van der Waals surface area contributed by atoms with Gasteiger partial charge in [-0.1, -0.05) is 6.08 Å². The molecular formula is C21H31N3O4. The van der Waals surface area contributed by atoms with E-state index in [0.717, 1.165) is 32.4 Å². The summed E-state index contributed by atoms with van der Waals surface area (Å²) in [5, 5.41) is 6.00. The lowest BCUT2D eigenvalue weighted by Gasteiger charge is -2.32. The molecule has 0 radical (unpaired) electrons. The molecule has 2 saturated heterocycles. The third kappa shape index (κ3) is 6.68. The Bertz CT molecular complexity index is 620. The lowest BCUT2D eigenvalue weighted by Crippen LogP contribution is -2.49. The van der Waals surface area contributed by atoms with Gasteiger partial charge >= 0.3 is 5.97 Å². The van der Waals surface area contributed by atoms with Gasteiger partial charge in [0.25, 0.3) is 0 Å². The van der Waals surface area contributed by atoms with Gasteiger partial charge in [-0.05, 0) is 57.7 Å².